The number of hydrogen-bond acceptors (Lipinski definition) is 4. The van der Waals surface area contributed by atoms with Crippen molar-refractivity contribution < 1.29 is 0 Å². The van der Waals surface area contributed by atoms with Gasteiger partial charge in [0.15, 0.2) is 0 Å². The van der Waals surface area contributed by atoms with E-state index < -0.39 is 0 Å². The summed E-state index contributed by atoms with van der Waals surface area (Å²) in [5.41, 5.74) is 12.7. The number of nitrogens with zero attached hydrogens (tertiary/aromatic N) is 1. The van der Waals surface area contributed by atoms with Crippen LogP contribution < -0.4 is 16.0 Å². The molecule has 4 nitrogen and oxygen atoms in total. The molecule has 4 heteroatoms. The molecule has 1 fully saturated rings. The molecule has 1 aliphatic heterocycles. The predicted octanol–water partition coefficient (Wildman–Crippen LogP) is 6.55. The molecule has 2 aromatic carbocycles. The molecule has 0 aromatic heterocycles. The second kappa shape index (κ2) is 11.9. The van der Waals surface area contributed by atoms with E-state index in [9.17, 15) is 0 Å². The Hall–Kier alpha value is -2.82. The van der Waals surface area contributed by atoms with Crippen LogP contribution in [0.15, 0.2) is 71.6 Å². The predicted molar refractivity (Wildman–Crippen MR) is 155 cm³/mol. The van der Waals surface area contributed by atoms with Gasteiger partial charge in [-0.1, -0.05) is 56.7 Å². The molecule has 3 N–H and O–H groups in total. The molecular weight excluding hydrogens is 440 g/mol. The van der Waals surface area contributed by atoms with Crippen molar-refractivity contribution in [3.05, 3.63) is 88.3 Å². The van der Waals surface area contributed by atoms with Gasteiger partial charge in [-0.25, -0.2) is 0 Å². The van der Waals surface area contributed by atoms with Crippen molar-refractivity contribution >= 4 is 5.69 Å². The van der Waals surface area contributed by atoms with Gasteiger partial charge in [-0.2, -0.15) is 0 Å². The minimum absolute atomic E-state index is 0.578. The molecule has 2 aromatic rings. The van der Waals surface area contributed by atoms with Crippen LogP contribution in [0.1, 0.15) is 56.2 Å². The van der Waals surface area contributed by atoms with Crippen LogP contribution in [0.3, 0.4) is 0 Å². The first-order valence-electron chi connectivity index (χ1n) is 13.6. The summed E-state index contributed by atoms with van der Waals surface area (Å²) in [5.74, 6) is 0. The summed E-state index contributed by atoms with van der Waals surface area (Å²) >= 11 is 0. The summed E-state index contributed by atoms with van der Waals surface area (Å²) in [6, 6.07) is 14.4. The summed E-state index contributed by atoms with van der Waals surface area (Å²) in [5, 5.41) is 10.8. The second-order valence-corrected chi connectivity index (χ2v) is 10.8. The van der Waals surface area contributed by atoms with E-state index in [0.717, 1.165) is 37.4 Å². The number of anilines is 1. The number of hydrogen-bond donors (Lipinski definition) is 3. The Balaban J connectivity index is 1.73. The van der Waals surface area contributed by atoms with Crippen molar-refractivity contribution in [3.8, 4) is 11.1 Å². The van der Waals surface area contributed by atoms with E-state index in [-0.39, 0.29) is 0 Å². The van der Waals surface area contributed by atoms with Crippen LogP contribution in [0, 0.1) is 6.92 Å². The molecule has 4 rings (SSSR count). The zero-order valence-corrected chi connectivity index (χ0v) is 22.9. The second-order valence-electron chi connectivity index (χ2n) is 10.8. The molecule has 1 aliphatic carbocycles. The quantitative estimate of drug-likeness (QED) is 0.358. The van der Waals surface area contributed by atoms with E-state index in [1.807, 2.05) is 0 Å². The summed E-state index contributed by atoms with van der Waals surface area (Å²) in [4.78, 5) is 2.24. The van der Waals surface area contributed by atoms with Gasteiger partial charge in [-0.3, -0.25) is 0 Å². The van der Waals surface area contributed by atoms with E-state index in [2.05, 4.69) is 105 Å². The standard InChI is InChI=1S/C32H44N4/c1-7-33-20-25-12-14-26(15-13-25)28-17-27(23(3)32(19-28)35-30-10-8-9-11-30)18-31-24(4)34-22(2)16-29(31)21-36(5)6/h12-17,19,30,33-35H,4,7-11,18,20-21H2,1-3,5-6H3. The van der Waals surface area contributed by atoms with Gasteiger partial charge in [0.25, 0.3) is 0 Å². The van der Waals surface area contributed by atoms with Gasteiger partial charge in [-0.15, -0.1) is 0 Å². The minimum Gasteiger partial charge on any atom is -0.382 e. The number of dihydropyridines is 1. The Morgan fingerprint density at radius 1 is 1.03 bits per heavy atom. The molecule has 0 unspecified atom stereocenters. The minimum atomic E-state index is 0.578. The largest absolute Gasteiger partial charge is 0.382 e. The Bertz CT molecular complexity index is 1130. The average Bonchev–Trinajstić information content (AvgIpc) is 3.35. The molecule has 2 aliphatic rings. The normalized spacial score (nSPS) is 16.5. The average molecular weight is 485 g/mol. The number of rotatable bonds is 10. The highest BCUT2D eigenvalue weighted by molar-refractivity contribution is 5.73. The van der Waals surface area contributed by atoms with Crippen LogP contribution in [0.2, 0.25) is 0 Å². The number of benzene rings is 2. The maximum absolute atomic E-state index is 4.40. The van der Waals surface area contributed by atoms with Crippen molar-refractivity contribution in [2.24, 2.45) is 0 Å². The monoisotopic (exact) mass is 484 g/mol. The molecule has 0 spiro atoms. The third-order valence-electron chi connectivity index (χ3n) is 7.44. The van der Waals surface area contributed by atoms with Crippen LogP contribution in [-0.2, 0) is 13.0 Å². The summed E-state index contributed by atoms with van der Waals surface area (Å²) in [6.07, 6.45) is 8.34. The van der Waals surface area contributed by atoms with Crippen LogP contribution >= 0.6 is 0 Å². The fourth-order valence-electron chi connectivity index (χ4n) is 5.43. The number of allylic oxidation sites excluding steroid dienone is 2. The zero-order chi connectivity index (χ0) is 25.7. The van der Waals surface area contributed by atoms with Crippen molar-refractivity contribution in [3.63, 3.8) is 0 Å². The highest BCUT2D eigenvalue weighted by Crippen LogP contribution is 2.34. The lowest BCUT2D eigenvalue weighted by atomic mass is 9.89. The Morgan fingerprint density at radius 2 is 1.75 bits per heavy atom. The lowest BCUT2D eigenvalue weighted by molar-refractivity contribution is 0.446. The maximum Gasteiger partial charge on any atom is 0.0381 e. The van der Waals surface area contributed by atoms with Gasteiger partial charge in [-0.05, 0) is 98.4 Å². The smallest absolute Gasteiger partial charge is 0.0381 e. The highest BCUT2D eigenvalue weighted by Gasteiger charge is 2.20. The molecule has 192 valence electrons. The van der Waals surface area contributed by atoms with Crippen molar-refractivity contribution in [1.29, 1.82) is 0 Å². The van der Waals surface area contributed by atoms with E-state index in [0.29, 0.717) is 6.04 Å². The molecule has 0 saturated heterocycles. The van der Waals surface area contributed by atoms with E-state index >= 15 is 0 Å². The molecular formula is C32H44N4. The molecule has 1 saturated carbocycles. The first-order chi connectivity index (χ1) is 17.3. The summed E-state index contributed by atoms with van der Waals surface area (Å²) < 4.78 is 0. The fourth-order valence-corrected chi connectivity index (χ4v) is 5.43. The van der Waals surface area contributed by atoms with Gasteiger partial charge >= 0.3 is 0 Å². The zero-order valence-electron chi connectivity index (χ0n) is 22.9. The topological polar surface area (TPSA) is 39.3 Å². The van der Waals surface area contributed by atoms with Crippen LogP contribution in [0.4, 0.5) is 5.69 Å². The molecule has 1 heterocycles. The van der Waals surface area contributed by atoms with E-state index in [4.69, 9.17) is 0 Å². The maximum atomic E-state index is 4.40. The first-order valence-corrected chi connectivity index (χ1v) is 13.6. The lowest BCUT2D eigenvalue weighted by Gasteiger charge is -2.26. The lowest BCUT2D eigenvalue weighted by Crippen LogP contribution is -2.24. The van der Waals surface area contributed by atoms with Gasteiger partial charge in [0, 0.05) is 42.6 Å². The van der Waals surface area contributed by atoms with E-state index in [1.165, 1.54) is 70.3 Å². The van der Waals surface area contributed by atoms with Crippen molar-refractivity contribution in [1.82, 2.24) is 15.5 Å². The number of nitrogens with one attached hydrogen (secondary N) is 3. The van der Waals surface area contributed by atoms with Gasteiger partial charge < -0.3 is 20.9 Å². The third-order valence-corrected chi connectivity index (χ3v) is 7.44. The van der Waals surface area contributed by atoms with Crippen LogP contribution in [-0.4, -0.2) is 38.1 Å². The van der Waals surface area contributed by atoms with Gasteiger partial charge in [0.1, 0.15) is 0 Å². The molecule has 36 heavy (non-hydrogen) atoms. The SMILES string of the molecule is C=C1NC(C)=CC(CN(C)C)=C1Cc1cc(-c2ccc(CNCC)cc2)cc(NC2CCCC2)c1C. The Labute approximate surface area is 218 Å². The van der Waals surface area contributed by atoms with E-state index in [1.54, 1.807) is 0 Å². The molecule has 0 bridgehead atoms. The summed E-state index contributed by atoms with van der Waals surface area (Å²) in [6.45, 7) is 13.8. The van der Waals surface area contributed by atoms with Crippen LogP contribution in [0.25, 0.3) is 11.1 Å². The van der Waals surface area contributed by atoms with Crippen molar-refractivity contribution in [2.45, 2.75) is 65.5 Å². The van der Waals surface area contributed by atoms with Crippen molar-refractivity contribution in [2.75, 3.05) is 32.5 Å². The summed E-state index contributed by atoms with van der Waals surface area (Å²) in [7, 11) is 4.27. The molecule has 0 radical (unpaired) electrons. The highest BCUT2D eigenvalue weighted by atomic mass is 15.1. The molecule has 0 atom stereocenters. The first kappa shape index (κ1) is 26.2. The fraction of sp³-hybridized carbons (Fsp3) is 0.438. The number of likely N-dealkylation sites (N-methyl/N-ethyl adjacent to an activating group) is 1. The van der Waals surface area contributed by atoms with Gasteiger partial charge in [0.2, 0.25) is 0 Å². The van der Waals surface area contributed by atoms with Crippen LogP contribution in [0.5, 0.6) is 0 Å². The molecule has 0 amide bonds. The Morgan fingerprint density at radius 3 is 2.42 bits per heavy atom. The Kier molecular flexibility index (Phi) is 8.71. The third kappa shape index (κ3) is 6.48. The van der Waals surface area contributed by atoms with Gasteiger partial charge in [0.05, 0.1) is 0 Å².